The maximum absolute atomic E-state index is 12.1. The molecule has 1 aliphatic rings. The van der Waals surface area contributed by atoms with E-state index < -0.39 is 0 Å². The first-order valence-electron chi connectivity index (χ1n) is 8.07. The highest BCUT2D eigenvalue weighted by Crippen LogP contribution is 2.18. The van der Waals surface area contributed by atoms with E-state index in [0.29, 0.717) is 32.0 Å². The smallest absolute Gasteiger partial charge is 0.224 e. The standard InChI is InChI=1S/C16H30N2O3/c1-12(2)10-15(19)18-8-5-6-14(11-18)16(20)17-7-9-21-13(3)4/h12-14H,5-11H2,1-4H3,(H,17,20). The Labute approximate surface area is 128 Å². The van der Waals surface area contributed by atoms with Gasteiger partial charge in [-0.25, -0.2) is 0 Å². The van der Waals surface area contributed by atoms with Crippen LogP contribution in [0, 0.1) is 11.8 Å². The van der Waals surface area contributed by atoms with Gasteiger partial charge in [-0.15, -0.1) is 0 Å². The van der Waals surface area contributed by atoms with Crippen LogP contribution in [0.3, 0.4) is 0 Å². The molecule has 1 aliphatic heterocycles. The van der Waals surface area contributed by atoms with Crippen molar-refractivity contribution in [2.45, 2.75) is 53.1 Å². The molecule has 1 unspecified atom stereocenters. The fourth-order valence-electron chi connectivity index (χ4n) is 2.51. The lowest BCUT2D eigenvalue weighted by Crippen LogP contribution is -2.46. The first-order chi connectivity index (χ1) is 9.90. The van der Waals surface area contributed by atoms with Crippen molar-refractivity contribution < 1.29 is 14.3 Å². The molecule has 0 saturated carbocycles. The first kappa shape index (κ1) is 18.0. The topological polar surface area (TPSA) is 58.6 Å². The minimum Gasteiger partial charge on any atom is -0.377 e. The molecule has 1 heterocycles. The Balaban J connectivity index is 2.34. The monoisotopic (exact) mass is 298 g/mol. The summed E-state index contributed by atoms with van der Waals surface area (Å²) in [5, 5.41) is 2.91. The Morgan fingerprint density at radius 3 is 2.62 bits per heavy atom. The summed E-state index contributed by atoms with van der Waals surface area (Å²) in [6, 6.07) is 0. The summed E-state index contributed by atoms with van der Waals surface area (Å²) < 4.78 is 5.40. The number of piperidine rings is 1. The number of hydrogen-bond donors (Lipinski definition) is 1. The van der Waals surface area contributed by atoms with E-state index in [1.54, 1.807) is 0 Å². The van der Waals surface area contributed by atoms with E-state index in [9.17, 15) is 9.59 Å². The number of carbonyl (C=O) groups excluding carboxylic acids is 2. The molecule has 122 valence electrons. The van der Waals surface area contributed by atoms with Crippen molar-refractivity contribution in [3.8, 4) is 0 Å². The second kappa shape index (κ2) is 9.03. The molecule has 1 saturated heterocycles. The van der Waals surface area contributed by atoms with E-state index in [4.69, 9.17) is 4.74 Å². The summed E-state index contributed by atoms with van der Waals surface area (Å²) in [5.41, 5.74) is 0. The maximum Gasteiger partial charge on any atom is 0.224 e. The molecule has 1 fully saturated rings. The van der Waals surface area contributed by atoms with E-state index in [-0.39, 0.29) is 23.8 Å². The van der Waals surface area contributed by atoms with E-state index in [1.807, 2.05) is 32.6 Å². The van der Waals surface area contributed by atoms with Gasteiger partial charge in [0.15, 0.2) is 0 Å². The van der Waals surface area contributed by atoms with E-state index in [0.717, 1.165) is 19.4 Å². The van der Waals surface area contributed by atoms with Crippen molar-refractivity contribution in [3.05, 3.63) is 0 Å². The Kier molecular flexibility index (Phi) is 7.72. The molecular weight excluding hydrogens is 268 g/mol. The van der Waals surface area contributed by atoms with Crippen molar-refractivity contribution in [1.29, 1.82) is 0 Å². The number of hydrogen-bond acceptors (Lipinski definition) is 3. The number of carbonyl (C=O) groups is 2. The molecule has 5 heteroatoms. The normalized spacial score (nSPS) is 19.1. The summed E-state index contributed by atoms with van der Waals surface area (Å²) in [6.45, 7) is 10.4. The highest BCUT2D eigenvalue weighted by atomic mass is 16.5. The van der Waals surface area contributed by atoms with Crippen LogP contribution in [0.5, 0.6) is 0 Å². The lowest BCUT2D eigenvalue weighted by molar-refractivity contribution is -0.136. The molecule has 0 aliphatic carbocycles. The zero-order valence-electron chi connectivity index (χ0n) is 13.9. The molecule has 2 amide bonds. The van der Waals surface area contributed by atoms with Gasteiger partial charge in [-0.05, 0) is 32.6 Å². The van der Waals surface area contributed by atoms with E-state index in [2.05, 4.69) is 5.32 Å². The molecule has 21 heavy (non-hydrogen) atoms. The van der Waals surface area contributed by atoms with Crippen molar-refractivity contribution in [1.82, 2.24) is 10.2 Å². The Hall–Kier alpha value is -1.10. The highest BCUT2D eigenvalue weighted by molar-refractivity contribution is 5.81. The molecule has 0 aromatic heterocycles. The molecule has 0 aromatic rings. The Morgan fingerprint density at radius 2 is 2.00 bits per heavy atom. The summed E-state index contributed by atoms with van der Waals surface area (Å²) >= 11 is 0. The second-order valence-corrected chi connectivity index (χ2v) is 6.49. The van der Waals surface area contributed by atoms with Crippen LogP contribution < -0.4 is 5.32 Å². The third-order valence-electron chi connectivity index (χ3n) is 3.58. The fraction of sp³-hybridized carbons (Fsp3) is 0.875. The molecular formula is C16H30N2O3. The zero-order chi connectivity index (χ0) is 15.8. The van der Waals surface area contributed by atoms with Gasteiger partial charge in [-0.1, -0.05) is 13.8 Å². The van der Waals surface area contributed by atoms with Crippen LogP contribution in [0.2, 0.25) is 0 Å². The maximum atomic E-state index is 12.1. The summed E-state index contributed by atoms with van der Waals surface area (Å²) in [4.78, 5) is 26.1. The van der Waals surface area contributed by atoms with Gasteiger partial charge in [0.1, 0.15) is 0 Å². The third kappa shape index (κ3) is 6.93. The minimum atomic E-state index is -0.0751. The zero-order valence-corrected chi connectivity index (χ0v) is 13.9. The lowest BCUT2D eigenvalue weighted by Gasteiger charge is -2.32. The second-order valence-electron chi connectivity index (χ2n) is 6.49. The van der Waals surface area contributed by atoms with Crippen molar-refractivity contribution in [2.75, 3.05) is 26.2 Å². The number of likely N-dealkylation sites (tertiary alicyclic amines) is 1. The average Bonchev–Trinajstić information content (AvgIpc) is 2.42. The van der Waals surface area contributed by atoms with Gasteiger partial charge in [-0.3, -0.25) is 9.59 Å². The van der Waals surface area contributed by atoms with E-state index >= 15 is 0 Å². The number of rotatable bonds is 7. The molecule has 1 N–H and O–H groups in total. The van der Waals surface area contributed by atoms with Gasteiger partial charge < -0.3 is 15.0 Å². The van der Waals surface area contributed by atoms with Crippen molar-refractivity contribution in [3.63, 3.8) is 0 Å². The quantitative estimate of drug-likeness (QED) is 0.729. The molecule has 1 atom stereocenters. The number of ether oxygens (including phenoxy) is 1. The SMILES string of the molecule is CC(C)CC(=O)N1CCCC(C(=O)NCCOC(C)C)C1. The molecule has 0 spiro atoms. The van der Waals surface area contributed by atoms with Gasteiger partial charge >= 0.3 is 0 Å². The van der Waals surface area contributed by atoms with Gasteiger partial charge in [0.2, 0.25) is 11.8 Å². The van der Waals surface area contributed by atoms with Gasteiger partial charge in [0, 0.05) is 26.1 Å². The predicted octanol–water partition coefficient (Wildman–Crippen LogP) is 1.81. The number of amides is 2. The van der Waals surface area contributed by atoms with Crippen LogP contribution in [-0.2, 0) is 14.3 Å². The first-order valence-corrected chi connectivity index (χ1v) is 8.07. The Bertz CT molecular complexity index is 342. The Morgan fingerprint density at radius 1 is 1.29 bits per heavy atom. The van der Waals surface area contributed by atoms with Crippen LogP contribution in [0.25, 0.3) is 0 Å². The average molecular weight is 298 g/mol. The van der Waals surface area contributed by atoms with Crippen LogP contribution >= 0.6 is 0 Å². The van der Waals surface area contributed by atoms with Crippen LogP contribution in [-0.4, -0.2) is 49.1 Å². The third-order valence-corrected chi connectivity index (χ3v) is 3.58. The fourth-order valence-corrected chi connectivity index (χ4v) is 2.51. The molecule has 0 radical (unpaired) electrons. The largest absolute Gasteiger partial charge is 0.377 e. The van der Waals surface area contributed by atoms with Gasteiger partial charge in [-0.2, -0.15) is 0 Å². The van der Waals surface area contributed by atoms with Crippen molar-refractivity contribution in [2.24, 2.45) is 11.8 Å². The lowest BCUT2D eigenvalue weighted by atomic mass is 9.96. The number of nitrogens with zero attached hydrogens (tertiary/aromatic N) is 1. The van der Waals surface area contributed by atoms with E-state index in [1.165, 1.54) is 0 Å². The minimum absolute atomic E-state index is 0.0457. The molecule has 0 aromatic carbocycles. The van der Waals surface area contributed by atoms with Crippen molar-refractivity contribution >= 4 is 11.8 Å². The molecule has 0 bridgehead atoms. The van der Waals surface area contributed by atoms with Gasteiger partial charge in [0.05, 0.1) is 18.6 Å². The van der Waals surface area contributed by atoms with Crippen LogP contribution in [0.1, 0.15) is 47.0 Å². The summed E-state index contributed by atoms with van der Waals surface area (Å²) in [7, 11) is 0. The predicted molar refractivity (Wildman–Crippen MR) is 82.9 cm³/mol. The van der Waals surface area contributed by atoms with Gasteiger partial charge in [0.25, 0.3) is 0 Å². The molecule has 5 nitrogen and oxygen atoms in total. The number of nitrogens with one attached hydrogen (secondary N) is 1. The van der Waals surface area contributed by atoms with Crippen LogP contribution in [0.4, 0.5) is 0 Å². The summed E-state index contributed by atoms with van der Waals surface area (Å²) in [5.74, 6) is 0.504. The summed E-state index contributed by atoms with van der Waals surface area (Å²) in [6.07, 6.45) is 2.52. The molecule has 1 rings (SSSR count). The van der Waals surface area contributed by atoms with Crippen LogP contribution in [0.15, 0.2) is 0 Å². The highest BCUT2D eigenvalue weighted by Gasteiger charge is 2.28.